The average molecular weight is 200 g/mol. The molecule has 1 atom stereocenters. The first-order valence-electron chi connectivity index (χ1n) is 5.26. The predicted molar refractivity (Wildman–Crippen MR) is 62.0 cm³/mol. The van der Waals surface area contributed by atoms with Crippen molar-refractivity contribution in [3.8, 4) is 0 Å². The number of nitrogens with zero attached hydrogens (tertiary/aromatic N) is 1. The van der Waals surface area contributed by atoms with Gasteiger partial charge in [-0.3, -0.25) is 0 Å². The van der Waals surface area contributed by atoms with Gasteiger partial charge < -0.3 is 4.98 Å². The number of rotatable bonds is 2. The van der Waals surface area contributed by atoms with E-state index in [0.717, 1.165) is 17.2 Å². The summed E-state index contributed by atoms with van der Waals surface area (Å²) in [4.78, 5) is 7.86. The van der Waals surface area contributed by atoms with Crippen LogP contribution in [0.1, 0.15) is 35.6 Å². The van der Waals surface area contributed by atoms with Gasteiger partial charge in [0, 0.05) is 11.6 Å². The molecule has 2 nitrogen and oxygen atoms in total. The molecule has 0 bridgehead atoms. The maximum atomic E-state index is 4.53. The molecule has 2 rings (SSSR count). The summed E-state index contributed by atoms with van der Waals surface area (Å²) in [6.45, 7) is 6.27. The van der Waals surface area contributed by atoms with Gasteiger partial charge in [-0.1, -0.05) is 37.3 Å². The van der Waals surface area contributed by atoms with Gasteiger partial charge >= 0.3 is 0 Å². The summed E-state index contributed by atoms with van der Waals surface area (Å²) in [5.41, 5.74) is 3.55. The second-order valence-electron chi connectivity index (χ2n) is 3.96. The molecule has 0 fully saturated rings. The first kappa shape index (κ1) is 9.97. The van der Waals surface area contributed by atoms with Crippen LogP contribution in [0.25, 0.3) is 0 Å². The summed E-state index contributed by atoms with van der Waals surface area (Å²) >= 11 is 0. The van der Waals surface area contributed by atoms with Gasteiger partial charge in [0.2, 0.25) is 0 Å². The van der Waals surface area contributed by atoms with Crippen LogP contribution in [-0.4, -0.2) is 9.97 Å². The van der Waals surface area contributed by atoms with Gasteiger partial charge in [-0.25, -0.2) is 4.98 Å². The number of nitrogens with one attached hydrogen (secondary N) is 1. The quantitative estimate of drug-likeness (QED) is 0.792. The van der Waals surface area contributed by atoms with Crippen molar-refractivity contribution >= 4 is 0 Å². The van der Waals surface area contributed by atoms with E-state index >= 15 is 0 Å². The summed E-state index contributed by atoms with van der Waals surface area (Å²) < 4.78 is 0. The molecule has 0 amide bonds. The fourth-order valence-electron chi connectivity index (χ4n) is 1.68. The van der Waals surface area contributed by atoms with Crippen molar-refractivity contribution in [1.29, 1.82) is 0 Å². The van der Waals surface area contributed by atoms with Gasteiger partial charge in [0.15, 0.2) is 0 Å². The lowest BCUT2D eigenvalue weighted by atomic mass is 10.0. The first-order chi connectivity index (χ1) is 7.18. The van der Waals surface area contributed by atoms with Gasteiger partial charge in [0.1, 0.15) is 5.82 Å². The van der Waals surface area contributed by atoms with Crippen molar-refractivity contribution in [1.82, 2.24) is 9.97 Å². The van der Waals surface area contributed by atoms with E-state index in [1.54, 1.807) is 0 Å². The lowest BCUT2D eigenvalue weighted by molar-refractivity contribution is 0.834. The molecule has 0 saturated carbocycles. The van der Waals surface area contributed by atoms with Gasteiger partial charge in [0.25, 0.3) is 0 Å². The number of benzene rings is 1. The Hall–Kier alpha value is -1.57. The van der Waals surface area contributed by atoms with Crippen LogP contribution in [0.5, 0.6) is 0 Å². The summed E-state index contributed by atoms with van der Waals surface area (Å²) in [6, 6.07) is 10.4. The third kappa shape index (κ3) is 1.94. The van der Waals surface area contributed by atoms with Crippen molar-refractivity contribution in [2.75, 3.05) is 0 Å². The fraction of sp³-hybridized carbons (Fsp3) is 0.308. The van der Waals surface area contributed by atoms with E-state index in [1.807, 2.05) is 13.0 Å². The molecule has 0 aliphatic carbocycles. The Bertz CT molecular complexity index is 423. The van der Waals surface area contributed by atoms with Crippen molar-refractivity contribution in [2.45, 2.75) is 26.7 Å². The van der Waals surface area contributed by atoms with Crippen molar-refractivity contribution in [3.63, 3.8) is 0 Å². The second-order valence-corrected chi connectivity index (χ2v) is 3.96. The molecule has 0 saturated heterocycles. The minimum Gasteiger partial charge on any atom is -0.345 e. The molecule has 0 aliphatic rings. The summed E-state index contributed by atoms with van der Waals surface area (Å²) in [5, 5.41) is 0. The zero-order chi connectivity index (χ0) is 10.8. The average Bonchev–Trinajstić information content (AvgIpc) is 2.59. The van der Waals surface area contributed by atoms with E-state index in [9.17, 15) is 0 Å². The Kier molecular flexibility index (Phi) is 2.58. The third-order valence-electron chi connectivity index (χ3n) is 2.86. The zero-order valence-corrected chi connectivity index (χ0v) is 9.41. The van der Waals surface area contributed by atoms with Crippen molar-refractivity contribution in [2.24, 2.45) is 0 Å². The number of aryl methyl sites for hydroxylation is 2. The molecule has 1 unspecified atom stereocenters. The Morgan fingerprint density at radius 3 is 2.33 bits per heavy atom. The maximum absolute atomic E-state index is 4.53. The van der Waals surface area contributed by atoms with Crippen LogP contribution in [0.15, 0.2) is 30.3 Å². The van der Waals surface area contributed by atoms with Crippen molar-refractivity contribution in [3.05, 3.63) is 53.1 Å². The molecule has 1 N–H and O–H groups in total. The SMILES string of the molecule is Cc1nc(C(C)c2ccccc2)[nH]c1C. The van der Waals surface area contributed by atoms with E-state index in [0.29, 0.717) is 5.92 Å². The molecule has 0 aliphatic heterocycles. The van der Waals surface area contributed by atoms with E-state index < -0.39 is 0 Å². The summed E-state index contributed by atoms with van der Waals surface area (Å²) in [7, 11) is 0. The number of hydrogen-bond donors (Lipinski definition) is 1. The summed E-state index contributed by atoms with van der Waals surface area (Å²) in [5.74, 6) is 1.38. The van der Waals surface area contributed by atoms with E-state index in [4.69, 9.17) is 0 Å². The lowest BCUT2D eigenvalue weighted by Crippen LogP contribution is -1.98. The van der Waals surface area contributed by atoms with E-state index in [1.165, 1.54) is 5.56 Å². The van der Waals surface area contributed by atoms with Crippen molar-refractivity contribution < 1.29 is 0 Å². The number of imidazole rings is 1. The molecule has 1 aromatic heterocycles. The Morgan fingerprint density at radius 1 is 1.13 bits per heavy atom. The minimum atomic E-state index is 0.332. The molecule has 0 radical (unpaired) electrons. The third-order valence-corrected chi connectivity index (χ3v) is 2.86. The lowest BCUT2D eigenvalue weighted by Gasteiger charge is -2.08. The standard InChI is InChI=1S/C13H16N2/c1-9(12-7-5-4-6-8-12)13-14-10(2)11(3)15-13/h4-9H,1-3H3,(H,14,15). The van der Waals surface area contributed by atoms with Gasteiger partial charge in [-0.2, -0.15) is 0 Å². The fourth-order valence-corrected chi connectivity index (χ4v) is 1.68. The van der Waals surface area contributed by atoms with Gasteiger partial charge in [0.05, 0.1) is 5.69 Å². The van der Waals surface area contributed by atoms with Gasteiger partial charge in [-0.15, -0.1) is 0 Å². The first-order valence-corrected chi connectivity index (χ1v) is 5.26. The molecule has 0 spiro atoms. The molecular formula is C13H16N2. The second kappa shape index (κ2) is 3.89. The monoisotopic (exact) mass is 200 g/mol. The molecule has 2 aromatic rings. The van der Waals surface area contributed by atoms with Crippen LogP contribution in [0.3, 0.4) is 0 Å². The molecular weight excluding hydrogens is 184 g/mol. The molecule has 1 aromatic carbocycles. The number of H-pyrrole nitrogens is 1. The largest absolute Gasteiger partial charge is 0.345 e. The highest BCUT2D eigenvalue weighted by Gasteiger charge is 2.12. The smallest absolute Gasteiger partial charge is 0.113 e. The maximum Gasteiger partial charge on any atom is 0.113 e. The highest BCUT2D eigenvalue weighted by atomic mass is 14.9. The van der Waals surface area contributed by atoms with Crippen LogP contribution in [0, 0.1) is 13.8 Å². The Labute approximate surface area is 90.4 Å². The van der Waals surface area contributed by atoms with Crippen LogP contribution < -0.4 is 0 Å². The Balaban J connectivity index is 2.32. The highest BCUT2D eigenvalue weighted by molar-refractivity contribution is 5.26. The number of hydrogen-bond acceptors (Lipinski definition) is 1. The van der Waals surface area contributed by atoms with Crippen LogP contribution in [-0.2, 0) is 0 Å². The normalized spacial score (nSPS) is 12.7. The topological polar surface area (TPSA) is 28.7 Å². The zero-order valence-electron chi connectivity index (χ0n) is 9.41. The van der Waals surface area contributed by atoms with Gasteiger partial charge in [-0.05, 0) is 19.4 Å². The predicted octanol–water partition coefficient (Wildman–Crippen LogP) is 3.18. The molecule has 1 heterocycles. The van der Waals surface area contributed by atoms with Crippen LogP contribution >= 0.6 is 0 Å². The molecule has 15 heavy (non-hydrogen) atoms. The minimum absolute atomic E-state index is 0.332. The van der Waals surface area contributed by atoms with E-state index in [-0.39, 0.29) is 0 Å². The Morgan fingerprint density at radius 2 is 1.80 bits per heavy atom. The highest BCUT2D eigenvalue weighted by Crippen LogP contribution is 2.21. The van der Waals surface area contributed by atoms with Crippen LogP contribution in [0.4, 0.5) is 0 Å². The molecule has 2 heteroatoms. The number of aromatic nitrogens is 2. The molecule has 78 valence electrons. The van der Waals surface area contributed by atoms with Crippen LogP contribution in [0.2, 0.25) is 0 Å². The summed E-state index contributed by atoms with van der Waals surface area (Å²) in [6.07, 6.45) is 0. The van der Waals surface area contributed by atoms with E-state index in [2.05, 4.69) is 48.1 Å². The number of aromatic amines is 1.